The van der Waals surface area contributed by atoms with Crippen molar-refractivity contribution in [2.75, 3.05) is 12.3 Å². The number of aryl methyl sites for hydroxylation is 1. The molecule has 0 aliphatic carbocycles. The number of benzene rings is 2. The van der Waals surface area contributed by atoms with Gasteiger partial charge in [-0.1, -0.05) is 42.5 Å². The number of nitrogens with zero attached hydrogens (tertiary/aromatic N) is 3. The SMILES string of the molecule is Nc1ncc(-c2ccc(F)cc2)c([C@@H]2CCCN2C(=O)CCc2ccccc2)n1. The lowest BCUT2D eigenvalue weighted by Crippen LogP contribution is -2.31. The van der Waals surface area contributed by atoms with Crippen molar-refractivity contribution in [3.05, 3.63) is 77.9 Å². The normalized spacial score (nSPS) is 16.2. The molecule has 1 aliphatic heterocycles. The highest BCUT2D eigenvalue weighted by molar-refractivity contribution is 5.78. The molecule has 0 spiro atoms. The molecule has 0 bridgehead atoms. The summed E-state index contributed by atoms with van der Waals surface area (Å²) in [5.41, 5.74) is 9.34. The molecule has 5 nitrogen and oxygen atoms in total. The van der Waals surface area contributed by atoms with Gasteiger partial charge in [-0.15, -0.1) is 0 Å². The van der Waals surface area contributed by atoms with Crippen molar-refractivity contribution >= 4 is 11.9 Å². The molecule has 1 atom stereocenters. The maximum Gasteiger partial charge on any atom is 0.223 e. The molecule has 0 radical (unpaired) electrons. The maximum atomic E-state index is 13.4. The van der Waals surface area contributed by atoms with E-state index in [2.05, 4.69) is 9.97 Å². The summed E-state index contributed by atoms with van der Waals surface area (Å²) in [6.07, 6.45) is 4.55. The quantitative estimate of drug-likeness (QED) is 0.710. The number of likely N-dealkylation sites (tertiary alicyclic amines) is 1. The van der Waals surface area contributed by atoms with Crippen LogP contribution in [0.2, 0.25) is 0 Å². The van der Waals surface area contributed by atoms with Crippen molar-refractivity contribution in [2.24, 2.45) is 0 Å². The number of nitrogens with two attached hydrogens (primary N) is 1. The molecule has 2 aromatic carbocycles. The Bertz CT molecular complexity index is 992. The fourth-order valence-corrected chi connectivity index (χ4v) is 3.90. The van der Waals surface area contributed by atoms with Crippen molar-refractivity contribution in [2.45, 2.75) is 31.7 Å². The minimum Gasteiger partial charge on any atom is -0.368 e. The van der Waals surface area contributed by atoms with Gasteiger partial charge in [-0.25, -0.2) is 14.4 Å². The largest absolute Gasteiger partial charge is 0.368 e. The van der Waals surface area contributed by atoms with Gasteiger partial charge in [0.05, 0.1) is 11.7 Å². The highest BCUT2D eigenvalue weighted by Crippen LogP contribution is 2.37. The van der Waals surface area contributed by atoms with Gasteiger partial charge in [-0.05, 0) is 42.5 Å². The number of carbonyl (C=O) groups is 1. The Kier molecular flexibility index (Phi) is 5.51. The molecule has 3 aromatic rings. The van der Waals surface area contributed by atoms with E-state index in [9.17, 15) is 9.18 Å². The first-order chi connectivity index (χ1) is 14.1. The van der Waals surface area contributed by atoms with E-state index >= 15 is 0 Å². The van der Waals surface area contributed by atoms with Gasteiger partial charge in [0.25, 0.3) is 0 Å². The smallest absolute Gasteiger partial charge is 0.223 e. The zero-order valence-corrected chi connectivity index (χ0v) is 16.1. The second kappa shape index (κ2) is 8.39. The molecule has 1 amide bonds. The predicted molar refractivity (Wildman–Crippen MR) is 110 cm³/mol. The van der Waals surface area contributed by atoms with Crippen molar-refractivity contribution < 1.29 is 9.18 Å². The first-order valence-corrected chi connectivity index (χ1v) is 9.83. The molecule has 29 heavy (non-hydrogen) atoms. The van der Waals surface area contributed by atoms with Crippen LogP contribution in [0.15, 0.2) is 60.8 Å². The Hall–Kier alpha value is -3.28. The summed E-state index contributed by atoms with van der Waals surface area (Å²) < 4.78 is 13.4. The third-order valence-corrected chi connectivity index (χ3v) is 5.35. The van der Waals surface area contributed by atoms with E-state index in [1.807, 2.05) is 35.2 Å². The Morgan fingerprint density at radius 1 is 1.14 bits per heavy atom. The van der Waals surface area contributed by atoms with Crippen LogP contribution in [0.4, 0.5) is 10.3 Å². The van der Waals surface area contributed by atoms with Gasteiger partial charge in [-0.3, -0.25) is 4.79 Å². The molecule has 1 aliphatic rings. The van der Waals surface area contributed by atoms with Crippen LogP contribution < -0.4 is 5.73 Å². The Labute approximate surface area is 169 Å². The number of anilines is 1. The second-order valence-electron chi connectivity index (χ2n) is 7.26. The molecule has 148 valence electrons. The third-order valence-electron chi connectivity index (χ3n) is 5.35. The lowest BCUT2D eigenvalue weighted by molar-refractivity contribution is -0.132. The molecular formula is C23H23FN4O. The molecular weight excluding hydrogens is 367 g/mol. The number of halogens is 1. The molecule has 2 N–H and O–H groups in total. The van der Waals surface area contributed by atoms with E-state index in [-0.39, 0.29) is 23.7 Å². The van der Waals surface area contributed by atoms with E-state index in [0.29, 0.717) is 19.4 Å². The summed E-state index contributed by atoms with van der Waals surface area (Å²) in [6, 6.07) is 16.1. The lowest BCUT2D eigenvalue weighted by atomic mass is 9.99. The van der Waals surface area contributed by atoms with Crippen molar-refractivity contribution in [1.29, 1.82) is 0 Å². The Balaban J connectivity index is 1.59. The van der Waals surface area contributed by atoms with E-state index in [0.717, 1.165) is 35.2 Å². The van der Waals surface area contributed by atoms with Crippen LogP contribution in [0.3, 0.4) is 0 Å². The lowest BCUT2D eigenvalue weighted by Gasteiger charge is -2.26. The van der Waals surface area contributed by atoms with Crippen LogP contribution in [0.5, 0.6) is 0 Å². The Morgan fingerprint density at radius 2 is 1.90 bits per heavy atom. The fraction of sp³-hybridized carbons (Fsp3) is 0.261. The highest BCUT2D eigenvalue weighted by atomic mass is 19.1. The molecule has 0 saturated carbocycles. The summed E-state index contributed by atoms with van der Waals surface area (Å²) in [5, 5.41) is 0. The van der Waals surface area contributed by atoms with Gasteiger partial charge in [0.1, 0.15) is 5.82 Å². The van der Waals surface area contributed by atoms with E-state index in [4.69, 9.17) is 5.73 Å². The number of nitrogen functional groups attached to an aromatic ring is 1. The summed E-state index contributed by atoms with van der Waals surface area (Å²) >= 11 is 0. The standard InChI is InChI=1S/C23H23FN4O/c24-18-11-9-17(10-12-18)19-15-26-23(25)27-22(19)20-7-4-14-28(20)21(29)13-8-16-5-2-1-3-6-16/h1-3,5-6,9-12,15,20H,4,7-8,13-14H2,(H2,25,26,27)/t20-/m0/s1. The molecule has 1 aromatic heterocycles. The van der Waals surface area contributed by atoms with Gasteiger partial charge in [0.15, 0.2) is 0 Å². The van der Waals surface area contributed by atoms with Gasteiger partial charge in [0, 0.05) is 24.7 Å². The van der Waals surface area contributed by atoms with Gasteiger partial charge >= 0.3 is 0 Å². The first-order valence-electron chi connectivity index (χ1n) is 9.83. The van der Waals surface area contributed by atoms with Gasteiger partial charge < -0.3 is 10.6 Å². The Morgan fingerprint density at radius 3 is 2.66 bits per heavy atom. The number of carbonyl (C=O) groups excluding carboxylic acids is 1. The predicted octanol–water partition coefficient (Wildman–Crippen LogP) is 4.16. The number of rotatable bonds is 5. The maximum absolute atomic E-state index is 13.4. The highest BCUT2D eigenvalue weighted by Gasteiger charge is 2.32. The summed E-state index contributed by atoms with van der Waals surface area (Å²) in [6.45, 7) is 0.699. The topological polar surface area (TPSA) is 72.1 Å². The summed E-state index contributed by atoms with van der Waals surface area (Å²) in [5.74, 6) is -0.0155. The number of hydrogen-bond donors (Lipinski definition) is 1. The first kappa shape index (κ1) is 19.1. The second-order valence-corrected chi connectivity index (χ2v) is 7.26. The van der Waals surface area contributed by atoms with Crippen LogP contribution in [-0.4, -0.2) is 27.3 Å². The monoisotopic (exact) mass is 390 g/mol. The third kappa shape index (κ3) is 4.26. The number of aromatic nitrogens is 2. The van der Waals surface area contributed by atoms with E-state index < -0.39 is 0 Å². The van der Waals surface area contributed by atoms with Crippen LogP contribution >= 0.6 is 0 Å². The molecule has 6 heteroatoms. The molecule has 1 fully saturated rings. The average Bonchev–Trinajstić information content (AvgIpc) is 3.23. The summed E-state index contributed by atoms with van der Waals surface area (Å²) in [7, 11) is 0. The van der Waals surface area contributed by atoms with Crippen LogP contribution in [0, 0.1) is 5.82 Å². The summed E-state index contributed by atoms with van der Waals surface area (Å²) in [4.78, 5) is 23.5. The van der Waals surface area contributed by atoms with E-state index in [1.54, 1.807) is 18.3 Å². The minimum atomic E-state index is -0.301. The molecule has 0 unspecified atom stereocenters. The average molecular weight is 390 g/mol. The minimum absolute atomic E-state index is 0.110. The van der Waals surface area contributed by atoms with Crippen LogP contribution in [-0.2, 0) is 11.2 Å². The van der Waals surface area contributed by atoms with Crippen molar-refractivity contribution in [1.82, 2.24) is 14.9 Å². The van der Waals surface area contributed by atoms with Crippen molar-refractivity contribution in [3.63, 3.8) is 0 Å². The zero-order valence-electron chi connectivity index (χ0n) is 16.1. The van der Waals surface area contributed by atoms with Crippen LogP contribution in [0.1, 0.15) is 36.6 Å². The fourth-order valence-electron chi connectivity index (χ4n) is 3.90. The van der Waals surface area contributed by atoms with Crippen LogP contribution in [0.25, 0.3) is 11.1 Å². The molecule has 4 rings (SSSR count). The van der Waals surface area contributed by atoms with E-state index in [1.165, 1.54) is 12.1 Å². The van der Waals surface area contributed by atoms with Gasteiger partial charge in [-0.2, -0.15) is 0 Å². The molecule has 1 saturated heterocycles. The van der Waals surface area contributed by atoms with Gasteiger partial charge in [0.2, 0.25) is 11.9 Å². The number of amides is 1. The molecule has 2 heterocycles. The van der Waals surface area contributed by atoms with Crippen molar-refractivity contribution in [3.8, 4) is 11.1 Å². The zero-order chi connectivity index (χ0) is 20.2. The number of hydrogen-bond acceptors (Lipinski definition) is 4.